The summed E-state index contributed by atoms with van der Waals surface area (Å²) in [7, 11) is 2.02. The van der Waals surface area contributed by atoms with Crippen molar-refractivity contribution in [2.45, 2.75) is 19.9 Å². The number of hydrogen-bond donors (Lipinski definition) is 1. The third-order valence-electron chi connectivity index (χ3n) is 2.87. The highest BCUT2D eigenvalue weighted by molar-refractivity contribution is 5.52. The minimum absolute atomic E-state index is 0.272. The van der Waals surface area contributed by atoms with E-state index in [2.05, 4.69) is 34.9 Å². The van der Waals surface area contributed by atoms with Gasteiger partial charge in [-0.2, -0.15) is 9.61 Å². The first kappa shape index (κ1) is 10.9. The third-order valence-corrected chi connectivity index (χ3v) is 2.87. The quantitative estimate of drug-likeness (QED) is 0.830. The highest BCUT2D eigenvalue weighted by atomic mass is 15.4. The predicted octanol–water partition coefficient (Wildman–Crippen LogP) is 0.821. The zero-order chi connectivity index (χ0) is 11.7. The molecule has 0 spiro atoms. The number of rotatable bonds is 3. The molecule has 2 rings (SSSR count). The lowest BCUT2D eigenvalue weighted by Gasteiger charge is -2.26. The summed E-state index contributed by atoms with van der Waals surface area (Å²) in [5.74, 6) is 1.02. The fraction of sp³-hybridized carbons (Fsp3) is 0.455. The SMILES string of the molecule is Cc1cc(N(C)C(C)CN)n2ncnc2c1. The molecule has 0 aromatic carbocycles. The van der Waals surface area contributed by atoms with Crippen molar-refractivity contribution >= 4 is 11.5 Å². The van der Waals surface area contributed by atoms with Crippen molar-refractivity contribution in [3.8, 4) is 0 Å². The van der Waals surface area contributed by atoms with Crippen LogP contribution in [0.15, 0.2) is 18.5 Å². The molecule has 0 radical (unpaired) electrons. The lowest BCUT2D eigenvalue weighted by molar-refractivity contribution is 0.676. The Morgan fingerprint density at radius 1 is 1.50 bits per heavy atom. The van der Waals surface area contributed by atoms with Crippen molar-refractivity contribution in [1.29, 1.82) is 0 Å². The van der Waals surface area contributed by atoms with Gasteiger partial charge < -0.3 is 10.6 Å². The van der Waals surface area contributed by atoms with Gasteiger partial charge in [-0.3, -0.25) is 0 Å². The molecule has 0 bridgehead atoms. The Morgan fingerprint density at radius 2 is 2.25 bits per heavy atom. The van der Waals surface area contributed by atoms with Gasteiger partial charge in [0.25, 0.3) is 0 Å². The molecule has 0 fully saturated rings. The molecule has 2 aromatic heterocycles. The van der Waals surface area contributed by atoms with Crippen molar-refractivity contribution < 1.29 is 0 Å². The monoisotopic (exact) mass is 219 g/mol. The van der Waals surface area contributed by atoms with Gasteiger partial charge in [0.2, 0.25) is 0 Å². The second kappa shape index (κ2) is 4.09. The number of pyridine rings is 1. The van der Waals surface area contributed by atoms with E-state index in [0.717, 1.165) is 11.5 Å². The Kier molecular flexibility index (Phi) is 2.78. The van der Waals surface area contributed by atoms with Crippen LogP contribution in [0, 0.1) is 6.92 Å². The number of hydrogen-bond acceptors (Lipinski definition) is 4. The van der Waals surface area contributed by atoms with Crippen LogP contribution in [0.4, 0.5) is 5.82 Å². The van der Waals surface area contributed by atoms with Crippen LogP contribution in [0.3, 0.4) is 0 Å². The van der Waals surface area contributed by atoms with Gasteiger partial charge in [0, 0.05) is 19.6 Å². The molecule has 0 saturated carbocycles. The van der Waals surface area contributed by atoms with Gasteiger partial charge in [0.15, 0.2) is 5.65 Å². The average Bonchev–Trinajstić information content (AvgIpc) is 2.73. The van der Waals surface area contributed by atoms with E-state index in [-0.39, 0.29) is 6.04 Å². The van der Waals surface area contributed by atoms with Crippen LogP contribution in [0.1, 0.15) is 12.5 Å². The zero-order valence-corrected chi connectivity index (χ0v) is 9.88. The van der Waals surface area contributed by atoms with Crippen LogP contribution in [0.25, 0.3) is 5.65 Å². The van der Waals surface area contributed by atoms with E-state index in [1.54, 1.807) is 6.33 Å². The Balaban J connectivity index is 2.53. The Labute approximate surface area is 94.9 Å². The fourth-order valence-electron chi connectivity index (χ4n) is 1.67. The van der Waals surface area contributed by atoms with Crippen LogP contribution >= 0.6 is 0 Å². The molecule has 5 nitrogen and oxygen atoms in total. The molecule has 0 aliphatic carbocycles. The zero-order valence-electron chi connectivity index (χ0n) is 9.88. The number of aromatic nitrogens is 3. The maximum absolute atomic E-state index is 5.68. The van der Waals surface area contributed by atoms with E-state index >= 15 is 0 Å². The second-order valence-corrected chi connectivity index (χ2v) is 4.12. The van der Waals surface area contributed by atoms with E-state index < -0.39 is 0 Å². The first-order chi connectivity index (χ1) is 7.63. The van der Waals surface area contributed by atoms with Gasteiger partial charge in [-0.1, -0.05) is 0 Å². The van der Waals surface area contributed by atoms with Crippen LogP contribution in [-0.2, 0) is 0 Å². The molecule has 86 valence electrons. The first-order valence-corrected chi connectivity index (χ1v) is 5.36. The van der Waals surface area contributed by atoms with Crippen molar-refractivity contribution in [2.24, 2.45) is 5.73 Å². The Hall–Kier alpha value is -1.62. The molecule has 1 unspecified atom stereocenters. The van der Waals surface area contributed by atoms with Crippen molar-refractivity contribution in [1.82, 2.24) is 14.6 Å². The molecular formula is C11H17N5. The van der Waals surface area contributed by atoms with Gasteiger partial charge in [-0.15, -0.1) is 0 Å². The molecular weight excluding hydrogens is 202 g/mol. The standard InChI is InChI=1S/C11H17N5/c1-8-4-10-13-7-14-16(10)11(5-8)15(3)9(2)6-12/h4-5,7,9H,6,12H2,1-3H3. The number of fused-ring (bicyclic) bond motifs is 1. The lowest BCUT2D eigenvalue weighted by atomic mass is 10.2. The largest absolute Gasteiger partial charge is 0.356 e. The molecule has 16 heavy (non-hydrogen) atoms. The summed E-state index contributed by atoms with van der Waals surface area (Å²) >= 11 is 0. The van der Waals surface area contributed by atoms with Crippen LogP contribution in [0.5, 0.6) is 0 Å². The minimum Gasteiger partial charge on any atom is -0.356 e. The van der Waals surface area contributed by atoms with Gasteiger partial charge in [0.1, 0.15) is 12.1 Å². The van der Waals surface area contributed by atoms with Crippen LogP contribution < -0.4 is 10.6 Å². The smallest absolute Gasteiger partial charge is 0.157 e. The van der Waals surface area contributed by atoms with Crippen molar-refractivity contribution in [2.75, 3.05) is 18.5 Å². The van der Waals surface area contributed by atoms with E-state index in [1.165, 1.54) is 5.56 Å². The van der Waals surface area contributed by atoms with Gasteiger partial charge in [-0.05, 0) is 31.5 Å². The van der Waals surface area contributed by atoms with Gasteiger partial charge in [-0.25, -0.2) is 4.98 Å². The molecule has 0 saturated heterocycles. The summed E-state index contributed by atoms with van der Waals surface area (Å²) in [4.78, 5) is 6.32. The summed E-state index contributed by atoms with van der Waals surface area (Å²) in [6.45, 7) is 4.75. The summed E-state index contributed by atoms with van der Waals surface area (Å²) in [5, 5.41) is 4.22. The van der Waals surface area contributed by atoms with Gasteiger partial charge >= 0.3 is 0 Å². The van der Waals surface area contributed by atoms with E-state index in [9.17, 15) is 0 Å². The highest BCUT2D eigenvalue weighted by Crippen LogP contribution is 2.18. The maximum Gasteiger partial charge on any atom is 0.157 e. The van der Waals surface area contributed by atoms with Crippen LogP contribution in [-0.4, -0.2) is 34.2 Å². The predicted molar refractivity (Wildman–Crippen MR) is 64.6 cm³/mol. The second-order valence-electron chi connectivity index (χ2n) is 4.12. The summed E-state index contributed by atoms with van der Waals surface area (Å²) in [6.07, 6.45) is 1.57. The van der Waals surface area contributed by atoms with Gasteiger partial charge in [0.05, 0.1) is 0 Å². The number of anilines is 1. The average molecular weight is 219 g/mol. The summed E-state index contributed by atoms with van der Waals surface area (Å²) in [5.41, 5.74) is 7.72. The topological polar surface area (TPSA) is 59.5 Å². The number of likely N-dealkylation sites (N-methyl/N-ethyl adjacent to an activating group) is 1. The highest BCUT2D eigenvalue weighted by Gasteiger charge is 2.13. The number of aryl methyl sites for hydroxylation is 1. The summed E-state index contributed by atoms with van der Waals surface area (Å²) < 4.78 is 1.83. The number of nitrogens with two attached hydrogens (primary N) is 1. The molecule has 0 aliphatic rings. The molecule has 5 heteroatoms. The third kappa shape index (κ3) is 1.74. The minimum atomic E-state index is 0.272. The molecule has 0 aliphatic heterocycles. The van der Waals surface area contributed by atoms with Crippen molar-refractivity contribution in [3.05, 3.63) is 24.0 Å². The fourth-order valence-corrected chi connectivity index (χ4v) is 1.67. The molecule has 2 N–H and O–H groups in total. The van der Waals surface area contributed by atoms with Crippen LogP contribution in [0.2, 0.25) is 0 Å². The van der Waals surface area contributed by atoms with E-state index in [0.29, 0.717) is 6.54 Å². The molecule has 1 atom stereocenters. The Bertz CT molecular complexity index is 490. The number of nitrogens with zero attached hydrogens (tertiary/aromatic N) is 4. The normalized spacial score (nSPS) is 13.0. The summed E-state index contributed by atoms with van der Waals surface area (Å²) in [6, 6.07) is 4.37. The maximum atomic E-state index is 5.68. The van der Waals surface area contributed by atoms with E-state index in [4.69, 9.17) is 5.73 Å². The Morgan fingerprint density at radius 3 is 2.94 bits per heavy atom. The van der Waals surface area contributed by atoms with E-state index in [1.807, 2.05) is 17.6 Å². The molecule has 2 aromatic rings. The molecule has 0 amide bonds. The molecule has 2 heterocycles. The van der Waals surface area contributed by atoms with Crippen molar-refractivity contribution in [3.63, 3.8) is 0 Å². The first-order valence-electron chi connectivity index (χ1n) is 5.36. The lowest BCUT2D eigenvalue weighted by Crippen LogP contribution is -2.36.